The number of amides is 1. The second-order valence-corrected chi connectivity index (χ2v) is 7.40. The summed E-state index contributed by atoms with van der Waals surface area (Å²) in [5.41, 5.74) is 0.291. The Labute approximate surface area is 156 Å². The van der Waals surface area contributed by atoms with Crippen molar-refractivity contribution in [3.8, 4) is 5.75 Å². The second-order valence-electron chi connectivity index (χ2n) is 5.46. The van der Waals surface area contributed by atoms with Gasteiger partial charge in [-0.15, -0.1) is 0 Å². The number of methoxy groups -OCH3 is 1. The number of nitro groups is 1. The maximum Gasteiger partial charge on any atom is 0.269 e. The Balaban J connectivity index is 2.11. The highest BCUT2D eigenvalue weighted by molar-refractivity contribution is 7.89. The van der Waals surface area contributed by atoms with Crippen LogP contribution in [0.15, 0.2) is 53.4 Å². The van der Waals surface area contributed by atoms with Crippen molar-refractivity contribution in [2.75, 3.05) is 25.5 Å². The predicted molar refractivity (Wildman–Crippen MR) is 99.2 cm³/mol. The molecule has 0 aliphatic rings. The lowest BCUT2D eigenvalue weighted by atomic mass is 10.3. The first-order valence-electron chi connectivity index (χ1n) is 7.96. The third kappa shape index (κ3) is 5.02. The van der Waals surface area contributed by atoms with E-state index >= 15 is 0 Å². The minimum Gasteiger partial charge on any atom is -0.497 e. The van der Waals surface area contributed by atoms with Crippen LogP contribution >= 0.6 is 0 Å². The molecule has 0 heterocycles. The predicted octanol–water partition coefficient (Wildman–Crippen LogP) is 2.25. The maximum absolute atomic E-state index is 12.7. The lowest BCUT2D eigenvalue weighted by molar-refractivity contribution is -0.384. The van der Waals surface area contributed by atoms with Crippen molar-refractivity contribution in [3.05, 3.63) is 58.6 Å². The summed E-state index contributed by atoms with van der Waals surface area (Å²) in [6.45, 7) is 1.28. The first-order valence-corrected chi connectivity index (χ1v) is 9.40. The van der Waals surface area contributed by atoms with Gasteiger partial charge in [0.15, 0.2) is 0 Å². The molecule has 0 bridgehead atoms. The van der Waals surface area contributed by atoms with Gasteiger partial charge in [-0.3, -0.25) is 14.9 Å². The van der Waals surface area contributed by atoms with E-state index in [1.807, 2.05) is 0 Å². The van der Waals surface area contributed by atoms with Crippen LogP contribution in [0.3, 0.4) is 0 Å². The van der Waals surface area contributed by atoms with Crippen molar-refractivity contribution >= 4 is 27.3 Å². The van der Waals surface area contributed by atoms with Crippen LogP contribution in [-0.2, 0) is 14.8 Å². The zero-order valence-electron chi connectivity index (χ0n) is 14.8. The van der Waals surface area contributed by atoms with E-state index in [1.54, 1.807) is 31.2 Å². The summed E-state index contributed by atoms with van der Waals surface area (Å²) >= 11 is 0. The zero-order chi connectivity index (χ0) is 20.0. The van der Waals surface area contributed by atoms with Gasteiger partial charge < -0.3 is 10.1 Å². The van der Waals surface area contributed by atoms with Crippen LogP contribution < -0.4 is 10.1 Å². The Hall–Kier alpha value is -2.98. The molecule has 0 aliphatic carbocycles. The number of hydrogen-bond acceptors (Lipinski definition) is 6. The van der Waals surface area contributed by atoms with Crippen molar-refractivity contribution in [2.45, 2.75) is 11.8 Å². The molecule has 144 valence electrons. The second kappa shape index (κ2) is 8.60. The van der Waals surface area contributed by atoms with E-state index < -0.39 is 20.9 Å². The minimum absolute atomic E-state index is 0.0648. The summed E-state index contributed by atoms with van der Waals surface area (Å²) in [5, 5.41) is 13.3. The van der Waals surface area contributed by atoms with Gasteiger partial charge in [0, 0.05) is 24.4 Å². The van der Waals surface area contributed by atoms with Gasteiger partial charge in [-0.1, -0.05) is 6.92 Å². The van der Waals surface area contributed by atoms with Crippen LogP contribution in [0.5, 0.6) is 5.75 Å². The van der Waals surface area contributed by atoms with E-state index in [0.717, 1.165) is 28.6 Å². The lowest BCUT2D eigenvalue weighted by Crippen LogP contribution is -2.37. The molecule has 0 aromatic heterocycles. The molecule has 0 atom stereocenters. The fourth-order valence-electron chi connectivity index (χ4n) is 2.29. The Bertz CT molecular complexity index is 911. The minimum atomic E-state index is -3.96. The molecule has 0 radical (unpaired) electrons. The van der Waals surface area contributed by atoms with E-state index in [9.17, 15) is 23.3 Å². The van der Waals surface area contributed by atoms with Crippen molar-refractivity contribution in [1.29, 1.82) is 0 Å². The molecule has 2 aromatic rings. The largest absolute Gasteiger partial charge is 0.497 e. The number of sulfonamides is 1. The number of ether oxygens (including phenoxy) is 1. The van der Waals surface area contributed by atoms with Crippen LogP contribution in [0.4, 0.5) is 11.4 Å². The number of nitrogens with one attached hydrogen (secondary N) is 1. The molecular formula is C17H19N3O6S. The third-order valence-electron chi connectivity index (χ3n) is 3.73. The number of nitro benzene ring substituents is 1. The third-order valence-corrected chi connectivity index (χ3v) is 5.67. The number of benzene rings is 2. The molecule has 1 N–H and O–H groups in total. The monoisotopic (exact) mass is 393 g/mol. The average Bonchev–Trinajstić information content (AvgIpc) is 2.66. The number of non-ortho nitro benzene ring substituents is 1. The summed E-state index contributed by atoms with van der Waals surface area (Å²) in [6.07, 6.45) is 0. The Morgan fingerprint density at radius 3 is 2.22 bits per heavy atom. The highest BCUT2D eigenvalue weighted by Crippen LogP contribution is 2.20. The first kappa shape index (κ1) is 20.3. The molecule has 0 saturated carbocycles. The van der Waals surface area contributed by atoms with E-state index in [4.69, 9.17) is 4.74 Å². The lowest BCUT2D eigenvalue weighted by Gasteiger charge is -2.20. The van der Waals surface area contributed by atoms with Gasteiger partial charge in [-0.05, 0) is 36.4 Å². The number of rotatable bonds is 8. The fraction of sp³-hybridized carbons (Fsp3) is 0.235. The van der Waals surface area contributed by atoms with Gasteiger partial charge >= 0.3 is 0 Å². The molecule has 27 heavy (non-hydrogen) atoms. The Morgan fingerprint density at radius 2 is 1.74 bits per heavy atom. The van der Waals surface area contributed by atoms with Crippen molar-refractivity contribution in [3.63, 3.8) is 0 Å². The standard InChI is InChI=1S/C17H19N3O6S/c1-3-19(12-17(21)18-13-4-8-15(26-2)9-5-13)27(24,25)16-10-6-14(7-11-16)20(22)23/h4-11H,3,12H2,1-2H3,(H,18,21). The average molecular weight is 393 g/mol. The number of anilines is 1. The highest BCUT2D eigenvalue weighted by atomic mass is 32.2. The molecule has 0 saturated heterocycles. The smallest absolute Gasteiger partial charge is 0.269 e. The van der Waals surface area contributed by atoms with Crippen LogP contribution in [0.1, 0.15) is 6.92 Å². The molecule has 9 nitrogen and oxygen atoms in total. The van der Waals surface area contributed by atoms with Gasteiger partial charge in [0.2, 0.25) is 15.9 Å². The van der Waals surface area contributed by atoms with Crippen molar-refractivity contribution in [1.82, 2.24) is 4.31 Å². The van der Waals surface area contributed by atoms with Crippen molar-refractivity contribution < 1.29 is 22.9 Å². The molecule has 0 aliphatic heterocycles. The van der Waals surface area contributed by atoms with Crippen molar-refractivity contribution in [2.24, 2.45) is 0 Å². The quantitative estimate of drug-likeness (QED) is 0.543. The molecular weight excluding hydrogens is 374 g/mol. The molecule has 1 amide bonds. The molecule has 2 aromatic carbocycles. The SMILES string of the molecule is CCN(CC(=O)Nc1ccc(OC)cc1)S(=O)(=O)c1ccc([N+](=O)[O-])cc1. The van der Waals surface area contributed by atoms with Crippen LogP contribution in [0.2, 0.25) is 0 Å². The molecule has 0 fully saturated rings. The molecule has 0 spiro atoms. The summed E-state index contributed by atoms with van der Waals surface area (Å²) < 4.78 is 31.4. The normalized spacial score (nSPS) is 11.2. The first-order chi connectivity index (χ1) is 12.8. The number of carbonyl (C=O) groups is 1. The maximum atomic E-state index is 12.7. The fourth-order valence-corrected chi connectivity index (χ4v) is 3.70. The van der Waals surface area contributed by atoms with E-state index in [-0.39, 0.29) is 23.7 Å². The van der Waals surface area contributed by atoms with E-state index in [1.165, 1.54) is 7.11 Å². The van der Waals surface area contributed by atoms with Crippen LogP contribution in [0, 0.1) is 10.1 Å². The number of likely N-dealkylation sites (N-methyl/N-ethyl adjacent to an activating group) is 1. The van der Waals surface area contributed by atoms with Gasteiger partial charge in [-0.2, -0.15) is 4.31 Å². The summed E-state index contributed by atoms with van der Waals surface area (Å²) in [6, 6.07) is 11.1. The number of hydrogen-bond donors (Lipinski definition) is 1. The summed E-state index contributed by atoms with van der Waals surface area (Å²) in [5.74, 6) is 0.122. The summed E-state index contributed by atoms with van der Waals surface area (Å²) in [7, 11) is -2.44. The molecule has 10 heteroatoms. The van der Waals surface area contributed by atoms with Gasteiger partial charge in [-0.25, -0.2) is 8.42 Å². The molecule has 0 unspecified atom stereocenters. The van der Waals surface area contributed by atoms with Gasteiger partial charge in [0.25, 0.3) is 5.69 Å². The Morgan fingerprint density at radius 1 is 1.15 bits per heavy atom. The summed E-state index contributed by atoms with van der Waals surface area (Å²) in [4.78, 5) is 22.2. The van der Waals surface area contributed by atoms with Gasteiger partial charge in [0.1, 0.15) is 5.75 Å². The van der Waals surface area contributed by atoms with E-state index in [2.05, 4.69) is 5.32 Å². The van der Waals surface area contributed by atoms with E-state index in [0.29, 0.717) is 11.4 Å². The Kier molecular flexibility index (Phi) is 6.48. The highest BCUT2D eigenvalue weighted by Gasteiger charge is 2.25. The molecule has 2 rings (SSSR count). The number of nitrogens with zero attached hydrogens (tertiary/aromatic N) is 2. The van der Waals surface area contributed by atoms with Crippen LogP contribution in [0.25, 0.3) is 0 Å². The topological polar surface area (TPSA) is 119 Å². The van der Waals surface area contributed by atoms with Crippen LogP contribution in [-0.4, -0.2) is 43.8 Å². The zero-order valence-corrected chi connectivity index (χ0v) is 15.6. The number of carbonyl (C=O) groups excluding carboxylic acids is 1. The van der Waals surface area contributed by atoms with Gasteiger partial charge in [0.05, 0.1) is 23.5 Å².